The van der Waals surface area contributed by atoms with Crippen LogP contribution in [0.4, 0.5) is 0 Å². The van der Waals surface area contributed by atoms with E-state index in [1.165, 1.54) is 146 Å². The average Bonchev–Trinajstić information content (AvgIpc) is 4.12. The lowest BCUT2D eigenvalue weighted by Gasteiger charge is -2.11. The van der Waals surface area contributed by atoms with Gasteiger partial charge in [-0.2, -0.15) is 0 Å². The summed E-state index contributed by atoms with van der Waals surface area (Å²) in [5.74, 6) is 0. The van der Waals surface area contributed by atoms with E-state index in [1.807, 2.05) is 0 Å². The van der Waals surface area contributed by atoms with Crippen LogP contribution in [0.5, 0.6) is 0 Å². The summed E-state index contributed by atoms with van der Waals surface area (Å²) < 4.78 is 19.0. The minimum Gasteiger partial charge on any atom is -0.455 e. The lowest BCUT2D eigenvalue weighted by molar-refractivity contribution is 0.672. The van der Waals surface area contributed by atoms with Crippen molar-refractivity contribution in [3.05, 3.63) is 217 Å². The highest BCUT2D eigenvalue weighted by molar-refractivity contribution is 6.39. The number of hydrogen-bond donors (Lipinski definition) is 0. The largest absolute Gasteiger partial charge is 0.455 e. The predicted octanol–water partition coefficient (Wildman–Crippen LogP) is 20.4. The molecule has 3 nitrogen and oxygen atoms in total. The molecule has 18 rings (SSSR count). The van der Waals surface area contributed by atoms with E-state index >= 15 is 0 Å². The molecule has 3 aromatic heterocycles. The molecule has 0 aliphatic rings. The Morgan fingerprint density at radius 3 is 0.708 bits per heavy atom. The van der Waals surface area contributed by atoms with Crippen molar-refractivity contribution in [1.82, 2.24) is 0 Å². The number of hydrogen-bond acceptors (Lipinski definition) is 3. The Balaban J connectivity index is 0.0000000928. The summed E-state index contributed by atoms with van der Waals surface area (Å²) in [4.78, 5) is 0. The Labute approximate surface area is 411 Å². The van der Waals surface area contributed by atoms with Crippen LogP contribution in [0.25, 0.3) is 163 Å². The van der Waals surface area contributed by atoms with Crippen molar-refractivity contribution in [2.75, 3.05) is 0 Å². The van der Waals surface area contributed by atoms with Crippen LogP contribution in [0.15, 0.2) is 213 Å². The van der Waals surface area contributed by atoms with Gasteiger partial charge < -0.3 is 13.3 Å². The van der Waals surface area contributed by atoms with Crippen molar-refractivity contribution < 1.29 is 13.3 Å². The Bertz CT molecular complexity index is 4730. The van der Waals surface area contributed by atoms with Gasteiger partial charge in [0.2, 0.25) is 0 Å². The SMILES string of the molecule is Cc1ccc2c(c1)oc1c3cccc4ccc5cccc(c21)c5c43.Cc1ccc2c(c1)oc1c3cccc4ccc5cccc(c21)c5c43.Cc1ccc2c(c1)oc1c3cccc4ccc5cccc(c21)c5c43. The van der Waals surface area contributed by atoms with E-state index in [0.29, 0.717) is 0 Å². The van der Waals surface area contributed by atoms with E-state index in [0.717, 1.165) is 33.5 Å². The van der Waals surface area contributed by atoms with Crippen molar-refractivity contribution in [3.63, 3.8) is 0 Å². The van der Waals surface area contributed by atoms with Gasteiger partial charge in [0.05, 0.1) is 0 Å². The molecule has 0 aliphatic heterocycles. The molecule has 3 heterocycles. The fourth-order valence-electron chi connectivity index (χ4n) is 12.6. The highest BCUT2D eigenvalue weighted by Gasteiger charge is 2.21. The van der Waals surface area contributed by atoms with Gasteiger partial charge in [-0.3, -0.25) is 0 Å². The highest BCUT2D eigenvalue weighted by atomic mass is 16.3. The fourth-order valence-corrected chi connectivity index (χ4v) is 12.6. The van der Waals surface area contributed by atoms with Gasteiger partial charge in [-0.15, -0.1) is 0 Å². The van der Waals surface area contributed by atoms with Gasteiger partial charge in [-0.1, -0.05) is 182 Å². The zero-order valence-corrected chi connectivity index (χ0v) is 39.8. The first-order valence-corrected chi connectivity index (χ1v) is 24.9. The predicted molar refractivity (Wildman–Crippen MR) is 306 cm³/mol. The molecular weight excluding hydrogens is 877 g/mol. The Hall–Kier alpha value is -9.18. The summed E-state index contributed by atoms with van der Waals surface area (Å²) in [6.45, 7) is 6.32. The van der Waals surface area contributed by atoms with Crippen LogP contribution in [0.3, 0.4) is 0 Å². The maximum Gasteiger partial charge on any atom is 0.143 e. The zero-order valence-electron chi connectivity index (χ0n) is 39.8. The third-order valence-electron chi connectivity index (χ3n) is 15.7. The average molecular weight is 919 g/mol. The molecule has 0 aliphatic carbocycles. The van der Waals surface area contributed by atoms with Crippen molar-refractivity contribution in [1.29, 1.82) is 0 Å². The summed E-state index contributed by atoms with van der Waals surface area (Å²) in [5.41, 5.74) is 9.62. The monoisotopic (exact) mass is 918 g/mol. The van der Waals surface area contributed by atoms with E-state index in [1.54, 1.807) is 0 Å². The number of fused-ring (bicyclic) bond motifs is 15. The molecular formula is C69H42O3. The smallest absolute Gasteiger partial charge is 0.143 e. The van der Waals surface area contributed by atoms with Gasteiger partial charge in [0.1, 0.15) is 33.5 Å². The lowest BCUT2D eigenvalue weighted by atomic mass is 9.91. The summed E-state index contributed by atoms with van der Waals surface area (Å²) in [6.07, 6.45) is 0. The van der Waals surface area contributed by atoms with Crippen molar-refractivity contribution in [3.8, 4) is 0 Å². The van der Waals surface area contributed by atoms with Gasteiger partial charge in [0.25, 0.3) is 0 Å². The van der Waals surface area contributed by atoms with E-state index < -0.39 is 0 Å². The lowest BCUT2D eigenvalue weighted by Crippen LogP contribution is -1.84. The molecule has 3 heteroatoms. The molecule has 0 amide bonds. The van der Waals surface area contributed by atoms with Crippen molar-refractivity contribution in [2.24, 2.45) is 0 Å². The molecule has 0 N–H and O–H groups in total. The molecule has 15 aromatic carbocycles. The normalized spacial score (nSPS) is 12.4. The first-order chi connectivity index (χ1) is 35.4. The van der Waals surface area contributed by atoms with E-state index in [9.17, 15) is 0 Å². The van der Waals surface area contributed by atoms with Crippen LogP contribution in [0.2, 0.25) is 0 Å². The summed E-state index contributed by atoms with van der Waals surface area (Å²) in [7, 11) is 0. The van der Waals surface area contributed by atoms with Crippen LogP contribution in [0, 0.1) is 20.8 Å². The molecule has 18 aromatic rings. The second-order valence-corrected chi connectivity index (χ2v) is 20.0. The summed E-state index contributed by atoms with van der Waals surface area (Å²) in [5, 5.41) is 30.5. The van der Waals surface area contributed by atoms with Gasteiger partial charge in [-0.05, 0) is 120 Å². The van der Waals surface area contributed by atoms with E-state index in [2.05, 4.69) is 221 Å². The number of rotatable bonds is 0. The van der Waals surface area contributed by atoms with Gasteiger partial charge in [-0.25, -0.2) is 0 Å². The second-order valence-electron chi connectivity index (χ2n) is 20.0. The first kappa shape index (κ1) is 39.6. The third-order valence-corrected chi connectivity index (χ3v) is 15.7. The molecule has 0 spiro atoms. The maximum atomic E-state index is 6.35. The Morgan fingerprint density at radius 2 is 0.444 bits per heavy atom. The number of aryl methyl sites for hydroxylation is 3. The Kier molecular flexibility index (Phi) is 7.95. The van der Waals surface area contributed by atoms with Gasteiger partial charge in [0, 0.05) is 64.6 Å². The van der Waals surface area contributed by atoms with Crippen molar-refractivity contribution in [2.45, 2.75) is 20.8 Å². The fraction of sp³-hybridized carbons (Fsp3) is 0.0435. The maximum absolute atomic E-state index is 6.35. The first-order valence-electron chi connectivity index (χ1n) is 24.9. The van der Waals surface area contributed by atoms with Crippen LogP contribution in [-0.2, 0) is 0 Å². The van der Waals surface area contributed by atoms with Crippen LogP contribution >= 0.6 is 0 Å². The molecule has 72 heavy (non-hydrogen) atoms. The Morgan fingerprint density at radius 1 is 0.208 bits per heavy atom. The quantitative estimate of drug-likeness (QED) is 0.142. The van der Waals surface area contributed by atoms with Crippen LogP contribution in [0.1, 0.15) is 16.7 Å². The van der Waals surface area contributed by atoms with Gasteiger partial charge in [0.15, 0.2) is 0 Å². The molecule has 0 unspecified atom stereocenters. The summed E-state index contributed by atoms with van der Waals surface area (Å²) in [6, 6.07) is 72.0. The topological polar surface area (TPSA) is 39.4 Å². The zero-order chi connectivity index (χ0) is 47.5. The highest BCUT2D eigenvalue weighted by Crippen LogP contribution is 2.48. The molecule has 0 saturated heterocycles. The van der Waals surface area contributed by atoms with E-state index in [4.69, 9.17) is 13.3 Å². The third kappa shape index (κ3) is 5.40. The molecule has 0 radical (unpaired) electrons. The van der Waals surface area contributed by atoms with Crippen molar-refractivity contribution >= 4 is 163 Å². The van der Waals surface area contributed by atoms with Crippen LogP contribution < -0.4 is 0 Å². The van der Waals surface area contributed by atoms with Crippen LogP contribution in [-0.4, -0.2) is 0 Å². The molecule has 0 fully saturated rings. The molecule has 336 valence electrons. The molecule has 0 bridgehead atoms. The molecule has 0 saturated carbocycles. The number of benzene rings is 15. The minimum absolute atomic E-state index is 0.974. The second kappa shape index (κ2) is 14.4. The minimum atomic E-state index is 0.974. The molecule has 0 atom stereocenters. The van der Waals surface area contributed by atoms with Gasteiger partial charge >= 0.3 is 0 Å². The van der Waals surface area contributed by atoms with E-state index in [-0.39, 0.29) is 0 Å². The number of furan rings is 3. The standard InChI is InChI=1S/3C23H14O/c3*1-13-8-11-16-19(12-13)24-23-18-7-3-5-15-10-9-14-4-2-6-17(22(16)23)20(14)21(15)18/h3*2-12H,1H3. The summed E-state index contributed by atoms with van der Waals surface area (Å²) >= 11 is 0.